The summed E-state index contributed by atoms with van der Waals surface area (Å²) in [6.45, 7) is 5.82. The van der Waals surface area contributed by atoms with E-state index in [1.165, 1.54) is 0 Å². The molecular formula is C4H11OPSi. The first-order chi connectivity index (χ1) is 3.18. The van der Waals surface area contributed by atoms with Gasteiger partial charge in [0.15, 0.2) is 0 Å². The van der Waals surface area contributed by atoms with Crippen molar-refractivity contribution in [1.29, 1.82) is 0 Å². The van der Waals surface area contributed by atoms with Gasteiger partial charge in [0, 0.05) is 7.11 Å². The van der Waals surface area contributed by atoms with Crippen molar-refractivity contribution in [1.82, 2.24) is 0 Å². The quantitative estimate of drug-likeness (QED) is 0.403. The summed E-state index contributed by atoms with van der Waals surface area (Å²) in [4.78, 5) is 1.13. The van der Waals surface area contributed by atoms with Gasteiger partial charge in [-0.15, -0.1) is 9.24 Å². The summed E-state index contributed by atoms with van der Waals surface area (Å²) in [5.41, 5.74) is 0. The lowest BCUT2D eigenvalue weighted by atomic mass is 11.2. The summed E-state index contributed by atoms with van der Waals surface area (Å²) in [5, 5.41) is 0. The molecule has 7 heavy (non-hydrogen) atoms. The van der Waals surface area contributed by atoms with E-state index in [1.54, 1.807) is 7.11 Å². The van der Waals surface area contributed by atoms with Crippen LogP contribution in [0.15, 0.2) is 11.5 Å². The van der Waals surface area contributed by atoms with Crippen LogP contribution in [0.1, 0.15) is 0 Å². The van der Waals surface area contributed by atoms with E-state index in [2.05, 4.69) is 22.4 Å². The summed E-state index contributed by atoms with van der Waals surface area (Å²) in [5.74, 6) is 0. The van der Waals surface area contributed by atoms with Gasteiger partial charge in [0.25, 0.3) is 0 Å². The predicted molar refractivity (Wildman–Crippen MR) is 38.9 cm³/mol. The van der Waals surface area contributed by atoms with Crippen LogP contribution in [0.4, 0.5) is 0 Å². The van der Waals surface area contributed by atoms with Crippen LogP contribution in [-0.4, -0.2) is 16.2 Å². The van der Waals surface area contributed by atoms with E-state index >= 15 is 0 Å². The van der Waals surface area contributed by atoms with E-state index in [0.717, 1.165) is 4.94 Å². The fourth-order valence-electron chi connectivity index (χ4n) is 0.151. The minimum absolute atomic E-state index is 0.986. The Balaban J connectivity index is 3.34. The first-order valence-electron chi connectivity index (χ1n) is 2.15. The van der Waals surface area contributed by atoms with Crippen molar-refractivity contribution in [3.8, 4) is 0 Å². The molecule has 0 aromatic rings. The normalized spacial score (nSPS) is 13.6. The Morgan fingerprint density at radius 2 is 2.29 bits per heavy atom. The average Bonchev–Trinajstić information content (AvgIpc) is 1.65. The third-order valence-corrected chi connectivity index (χ3v) is 4.04. The Bertz CT molecular complexity index is 74.1. The molecule has 0 radical (unpaired) electrons. The van der Waals surface area contributed by atoms with Crippen LogP contribution < -0.4 is 0 Å². The Labute approximate surface area is 48.7 Å². The molecule has 0 saturated heterocycles. The lowest BCUT2D eigenvalue weighted by Crippen LogP contribution is -2.08. The maximum Gasteiger partial charge on any atom is 0.204 e. The summed E-state index contributed by atoms with van der Waals surface area (Å²) in [6.07, 6.45) is 0. The Morgan fingerprint density at radius 3 is 2.29 bits per heavy atom. The molecule has 0 N–H and O–H groups in total. The zero-order valence-corrected chi connectivity index (χ0v) is 7.08. The Morgan fingerprint density at radius 1 is 1.86 bits per heavy atom. The second-order valence-electron chi connectivity index (χ2n) is 1.45. The van der Waals surface area contributed by atoms with Crippen molar-refractivity contribution in [2.24, 2.45) is 0 Å². The molecule has 0 amide bonds. The molecule has 0 aliphatic carbocycles. The third kappa shape index (κ3) is 2.98. The van der Waals surface area contributed by atoms with Crippen LogP contribution in [0.5, 0.6) is 0 Å². The van der Waals surface area contributed by atoms with Gasteiger partial charge in [0.2, 0.25) is 9.04 Å². The van der Waals surface area contributed by atoms with Gasteiger partial charge >= 0.3 is 0 Å². The molecule has 0 fully saturated rings. The summed E-state index contributed by atoms with van der Waals surface area (Å²) in [7, 11) is 3.30. The van der Waals surface area contributed by atoms with Crippen LogP contribution in [0.25, 0.3) is 0 Å². The Kier molecular flexibility index (Phi) is 3.53. The monoisotopic (exact) mass is 134 g/mol. The van der Waals surface area contributed by atoms with Gasteiger partial charge in [-0.3, -0.25) is 0 Å². The van der Waals surface area contributed by atoms with Crippen molar-refractivity contribution in [3.63, 3.8) is 0 Å². The van der Waals surface area contributed by atoms with Crippen LogP contribution in [0.2, 0.25) is 6.55 Å². The maximum absolute atomic E-state index is 5.03. The minimum atomic E-state index is -0.986. The smallest absolute Gasteiger partial charge is 0.204 e. The molecule has 0 aromatic heterocycles. The molecule has 0 aliphatic heterocycles. The molecule has 0 aliphatic rings. The van der Waals surface area contributed by atoms with Crippen molar-refractivity contribution in [3.05, 3.63) is 11.5 Å². The second kappa shape index (κ2) is 3.36. The molecule has 0 bridgehead atoms. The highest BCUT2D eigenvalue weighted by Crippen LogP contribution is 2.05. The molecule has 42 valence electrons. The summed E-state index contributed by atoms with van der Waals surface area (Å²) < 4.78 is 5.03. The fourth-order valence-corrected chi connectivity index (χ4v) is 0.862. The highest BCUT2D eigenvalue weighted by Gasteiger charge is 1.99. The minimum Gasteiger partial charge on any atom is -0.419 e. The highest BCUT2D eigenvalue weighted by atomic mass is 31.0. The van der Waals surface area contributed by atoms with Gasteiger partial charge in [-0.2, -0.15) is 0 Å². The lowest BCUT2D eigenvalue weighted by molar-refractivity contribution is 0.433. The summed E-state index contributed by atoms with van der Waals surface area (Å²) in [6, 6.07) is 0. The number of rotatable bonds is 2. The van der Waals surface area contributed by atoms with Gasteiger partial charge in [-0.05, 0) is 11.5 Å². The van der Waals surface area contributed by atoms with Crippen LogP contribution >= 0.6 is 9.24 Å². The third-order valence-electron chi connectivity index (χ3n) is 0.876. The van der Waals surface area contributed by atoms with E-state index in [0.29, 0.717) is 0 Å². The maximum atomic E-state index is 5.03. The van der Waals surface area contributed by atoms with Gasteiger partial charge in [-0.1, -0.05) is 6.58 Å². The largest absolute Gasteiger partial charge is 0.419 e. The molecule has 2 unspecified atom stereocenters. The van der Waals surface area contributed by atoms with Gasteiger partial charge in [-0.25, -0.2) is 0 Å². The second-order valence-corrected chi connectivity index (χ2v) is 5.36. The molecular weight excluding hydrogens is 123 g/mol. The molecule has 2 atom stereocenters. The van der Waals surface area contributed by atoms with Crippen molar-refractivity contribution >= 4 is 18.3 Å². The van der Waals surface area contributed by atoms with Crippen molar-refractivity contribution in [2.75, 3.05) is 7.11 Å². The lowest BCUT2D eigenvalue weighted by Gasteiger charge is -2.03. The van der Waals surface area contributed by atoms with E-state index in [4.69, 9.17) is 4.43 Å². The standard InChI is InChI=1S/C4H11OPSi/c1-4(6)7(3)5-2/h7H,1,6H2,2-3H3. The molecule has 0 spiro atoms. The van der Waals surface area contributed by atoms with E-state index in [1.807, 2.05) is 0 Å². The first kappa shape index (κ1) is 7.35. The zero-order valence-electron chi connectivity index (χ0n) is 4.77. The zero-order chi connectivity index (χ0) is 5.86. The van der Waals surface area contributed by atoms with Crippen molar-refractivity contribution in [2.45, 2.75) is 6.55 Å². The fraction of sp³-hybridized carbons (Fsp3) is 0.500. The van der Waals surface area contributed by atoms with E-state index < -0.39 is 9.04 Å². The van der Waals surface area contributed by atoms with E-state index in [-0.39, 0.29) is 0 Å². The van der Waals surface area contributed by atoms with Gasteiger partial charge < -0.3 is 4.43 Å². The van der Waals surface area contributed by atoms with Gasteiger partial charge in [0.05, 0.1) is 0 Å². The van der Waals surface area contributed by atoms with Gasteiger partial charge in [0.1, 0.15) is 0 Å². The predicted octanol–water partition coefficient (Wildman–Crippen LogP) is 0.914. The van der Waals surface area contributed by atoms with E-state index in [9.17, 15) is 0 Å². The Hall–Kier alpha value is 0.347. The average molecular weight is 134 g/mol. The molecule has 0 heterocycles. The molecule has 0 saturated carbocycles. The van der Waals surface area contributed by atoms with Crippen LogP contribution in [0, 0.1) is 0 Å². The number of hydrogen-bond acceptors (Lipinski definition) is 1. The molecule has 1 nitrogen and oxygen atoms in total. The van der Waals surface area contributed by atoms with Crippen molar-refractivity contribution < 1.29 is 4.43 Å². The highest BCUT2D eigenvalue weighted by molar-refractivity contribution is 7.28. The SMILES string of the molecule is C=C(P)[SiH](C)OC. The first-order valence-corrected chi connectivity index (χ1v) is 4.93. The topological polar surface area (TPSA) is 9.23 Å². The van der Waals surface area contributed by atoms with Crippen LogP contribution in [0.3, 0.4) is 0 Å². The van der Waals surface area contributed by atoms with Crippen LogP contribution in [-0.2, 0) is 4.43 Å². The number of hydrogen-bond donors (Lipinski definition) is 0. The molecule has 0 rings (SSSR count). The molecule has 0 aromatic carbocycles. The molecule has 3 heteroatoms. The summed E-state index contributed by atoms with van der Waals surface area (Å²) >= 11 is 0.